The van der Waals surface area contributed by atoms with Gasteiger partial charge in [0.25, 0.3) is 0 Å². The first-order valence-corrected chi connectivity index (χ1v) is 8.03. The molecule has 122 valence electrons. The Labute approximate surface area is 127 Å². The van der Waals surface area contributed by atoms with E-state index >= 15 is 0 Å². The van der Waals surface area contributed by atoms with E-state index in [1.54, 1.807) is 0 Å². The van der Waals surface area contributed by atoms with E-state index in [0.717, 1.165) is 38.9 Å². The summed E-state index contributed by atoms with van der Waals surface area (Å²) >= 11 is 0. The van der Waals surface area contributed by atoms with Gasteiger partial charge in [-0.1, -0.05) is 20.3 Å². The Morgan fingerprint density at radius 2 is 1.95 bits per heavy atom. The number of aliphatic carboxylic acids is 1. The molecule has 0 aromatic heterocycles. The summed E-state index contributed by atoms with van der Waals surface area (Å²) in [7, 11) is 0. The first-order chi connectivity index (χ1) is 10.0. The zero-order valence-corrected chi connectivity index (χ0v) is 13.2. The first kappa shape index (κ1) is 17.8. The first-order valence-electron chi connectivity index (χ1n) is 8.03. The van der Waals surface area contributed by atoms with E-state index in [1.165, 1.54) is 0 Å². The van der Waals surface area contributed by atoms with Gasteiger partial charge in [0.05, 0.1) is 6.42 Å². The van der Waals surface area contributed by atoms with Crippen LogP contribution in [-0.4, -0.2) is 54.2 Å². The van der Waals surface area contributed by atoms with Gasteiger partial charge in [0.1, 0.15) is 0 Å². The van der Waals surface area contributed by atoms with Crippen molar-refractivity contribution in [2.45, 2.75) is 52.0 Å². The van der Waals surface area contributed by atoms with Crippen LogP contribution in [0.25, 0.3) is 0 Å². The fourth-order valence-electron chi connectivity index (χ4n) is 2.76. The second-order valence-electron chi connectivity index (χ2n) is 5.82. The van der Waals surface area contributed by atoms with Gasteiger partial charge in [0.2, 0.25) is 0 Å². The average Bonchev–Trinajstić information content (AvgIpc) is 2.45. The minimum Gasteiger partial charge on any atom is -0.481 e. The van der Waals surface area contributed by atoms with Crippen molar-refractivity contribution in [1.82, 2.24) is 15.5 Å². The zero-order valence-electron chi connectivity index (χ0n) is 13.2. The molecule has 0 aromatic rings. The van der Waals surface area contributed by atoms with Crippen LogP contribution in [0.2, 0.25) is 0 Å². The van der Waals surface area contributed by atoms with E-state index in [-0.39, 0.29) is 18.5 Å². The summed E-state index contributed by atoms with van der Waals surface area (Å²) in [5.74, 6) is -0.344. The smallest absolute Gasteiger partial charge is 0.315 e. The van der Waals surface area contributed by atoms with Gasteiger partial charge in [-0.05, 0) is 44.8 Å². The van der Waals surface area contributed by atoms with Crippen LogP contribution in [-0.2, 0) is 4.79 Å². The average molecular weight is 299 g/mol. The number of carbonyl (C=O) groups excluding carboxylic acids is 1. The Hall–Kier alpha value is -1.30. The monoisotopic (exact) mass is 299 g/mol. The van der Waals surface area contributed by atoms with Crippen molar-refractivity contribution >= 4 is 12.0 Å². The van der Waals surface area contributed by atoms with Crippen molar-refractivity contribution < 1.29 is 14.7 Å². The molecule has 6 heteroatoms. The maximum absolute atomic E-state index is 11.8. The Morgan fingerprint density at radius 3 is 2.48 bits per heavy atom. The number of carboxylic acid groups (broad SMARTS) is 1. The van der Waals surface area contributed by atoms with Crippen LogP contribution in [0.5, 0.6) is 0 Å². The maximum Gasteiger partial charge on any atom is 0.315 e. The van der Waals surface area contributed by atoms with Crippen LogP contribution in [0, 0.1) is 5.92 Å². The normalized spacial score (nSPS) is 18.2. The van der Waals surface area contributed by atoms with Crippen molar-refractivity contribution in [3.8, 4) is 0 Å². The lowest BCUT2D eigenvalue weighted by Gasteiger charge is -2.31. The van der Waals surface area contributed by atoms with Crippen LogP contribution in [0.1, 0.15) is 46.0 Å². The van der Waals surface area contributed by atoms with Gasteiger partial charge >= 0.3 is 12.0 Å². The molecule has 1 heterocycles. The highest BCUT2D eigenvalue weighted by Crippen LogP contribution is 2.15. The summed E-state index contributed by atoms with van der Waals surface area (Å²) in [6.45, 7) is 8.12. The number of nitrogens with zero attached hydrogens (tertiary/aromatic N) is 1. The number of carbonyl (C=O) groups is 2. The van der Waals surface area contributed by atoms with E-state index in [9.17, 15) is 9.59 Å². The molecule has 1 saturated heterocycles. The zero-order chi connectivity index (χ0) is 15.7. The summed E-state index contributed by atoms with van der Waals surface area (Å²) in [6, 6.07) is -0.526. The lowest BCUT2D eigenvalue weighted by atomic mass is 9.97. The molecule has 21 heavy (non-hydrogen) atoms. The lowest BCUT2D eigenvalue weighted by Crippen LogP contribution is -2.45. The molecule has 0 bridgehead atoms. The van der Waals surface area contributed by atoms with Crippen molar-refractivity contribution in [3.63, 3.8) is 0 Å². The molecule has 1 unspecified atom stereocenters. The van der Waals surface area contributed by atoms with E-state index < -0.39 is 5.97 Å². The molecular formula is C15H29N3O3. The van der Waals surface area contributed by atoms with Crippen molar-refractivity contribution in [1.29, 1.82) is 0 Å². The van der Waals surface area contributed by atoms with Crippen LogP contribution in [0.15, 0.2) is 0 Å². The minimum absolute atomic E-state index is 0.0177. The number of piperidine rings is 1. The van der Waals surface area contributed by atoms with Gasteiger partial charge < -0.3 is 20.6 Å². The molecular weight excluding hydrogens is 270 g/mol. The number of carboxylic acids is 1. The summed E-state index contributed by atoms with van der Waals surface area (Å²) in [6.07, 6.45) is 3.75. The molecule has 6 nitrogen and oxygen atoms in total. The van der Waals surface area contributed by atoms with E-state index in [4.69, 9.17) is 5.11 Å². The molecule has 0 spiro atoms. The highest BCUT2D eigenvalue weighted by molar-refractivity contribution is 5.75. The fourth-order valence-corrected chi connectivity index (χ4v) is 2.76. The van der Waals surface area contributed by atoms with Crippen LogP contribution in [0.3, 0.4) is 0 Å². The van der Waals surface area contributed by atoms with Gasteiger partial charge in [-0.3, -0.25) is 4.79 Å². The van der Waals surface area contributed by atoms with E-state index in [2.05, 4.69) is 22.5 Å². The summed E-state index contributed by atoms with van der Waals surface area (Å²) < 4.78 is 0. The van der Waals surface area contributed by atoms with Gasteiger partial charge in [0.15, 0.2) is 0 Å². The number of amides is 2. The molecule has 1 aliphatic rings. The number of hydrogen-bond donors (Lipinski definition) is 3. The highest BCUT2D eigenvalue weighted by Gasteiger charge is 2.19. The molecule has 0 saturated carbocycles. The molecule has 3 N–H and O–H groups in total. The SMILES string of the molecule is CCCC(CC(=O)O)NC(=O)NCC1CCN(CC)CC1. The van der Waals surface area contributed by atoms with Crippen molar-refractivity contribution in [2.75, 3.05) is 26.2 Å². The molecule has 1 aliphatic heterocycles. The predicted octanol–water partition coefficient (Wildman–Crippen LogP) is 1.66. The highest BCUT2D eigenvalue weighted by atomic mass is 16.4. The quantitative estimate of drug-likeness (QED) is 0.636. The Kier molecular flexibility index (Phi) is 8.12. The van der Waals surface area contributed by atoms with E-state index in [1.807, 2.05) is 6.92 Å². The third-order valence-electron chi connectivity index (χ3n) is 4.10. The Morgan fingerprint density at radius 1 is 1.29 bits per heavy atom. The molecule has 2 amide bonds. The van der Waals surface area contributed by atoms with Crippen LogP contribution in [0.4, 0.5) is 4.79 Å². The molecule has 0 aliphatic carbocycles. The Balaban J connectivity index is 2.24. The predicted molar refractivity (Wildman–Crippen MR) is 82.3 cm³/mol. The van der Waals surface area contributed by atoms with Crippen molar-refractivity contribution in [3.05, 3.63) is 0 Å². The maximum atomic E-state index is 11.8. The number of likely N-dealkylation sites (tertiary alicyclic amines) is 1. The molecule has 1 fully saturated rings. The lowest BCUT2D eigenvalue weighted by molar-refractivity contribution is -0.137. The minimum atomic E-state index is -0.874. The third-order valence-corrected chi connectivity index (χ3v) is 4.10. The number of nitrogens with one attached hydrogen (secondary N) is 2. The summed E-state index contributed by atoms with van der Waals surface area (Å²) in [5.41, 5.74) is 0. The van der Waals surface area contributed by atoms with Crippen molar-refractivity contribution in [2.24, 2.45) is 5.92 Å². The summed E-state index contributed by atoms with van der Waals surface area (Å²) in [5, 5.41) is 14.5. The van der Waals surface area contributed by atoms with Gasteiger partial charge in [-0.15, -0.1) is 0 Å². The van der Waals surface area contributed by atoms with Gasteiger partial charge in [-0.2, -0.15) is 0 Å². The number of rotatable bonds is 8. The fraction of sp³-hybridized carbons (Fsp3) is 0.867. The molecule has 0 radical (unpaired) electrons. The van der Waals surface area contributed by atoms with Gasteiger partial charge in [0, 0.05) is 12.6 Å². The molecule has 0 aromatic carbocycles. The topological polar surface area (TPSA) is 81.7 Å². The van der Waals surface area contributed by atoms with Crippen LogP contribution >= 0.6 is 0 Å². The van der Waals surface area contributed by atoms with Gasteiger partial charge in [-0.25, -0.2) is 4.79 Å². The number of urea groups is 1. The Bertz CT molecular complexity index is 328. The third kappa shape index (κ3) is 7.32. The van der Waals surface area contributed by atoms with Crippen LogP contribution < -0.4 is 10.6 Å². The summed E-state index contributed by atoms with van der Waals surface area (Å²) in [4.78, 5) is 25.0. The standard InChI is InChI=1S/C15H29N3O3/c1-3-5-13(10-14(19)20)17-15(21)16-11-12-6-8-18(4-2)9-7-12/h12-13H,3-11H2,1-2H3,(H,19,20)(H2,16,17,21). The largest absolute Gasteiger partial charge is 0.481 e. The second kappa shape index (κ2) is 9.60. The second-order valence-corrected chi connectivity index (χ2v) is 5.82. The molecule has 1 rings (SSSR count). The molecule has 1 atom stereocenters. The van der Waals surface area contributed by atoms with E-state index in [0.29, 0.717) is 18.9 Å². The number of hydrogen-bond acceptors (Lipinski definition) is 3.